The Bertz CT molecular complexity index is 970. The average Bonchev–Trinajstić information content (AvgIpc) is 3.18. The molecule has 0 spiro atoms. The number of rotatable bonds is 8. The molecular weight excluding hydrogens is 382 g/mol. The van der Waals surface area contributed by atoms with Gasteiger partial charge in [-0.1, -0.05) is 48.5 Å². The lowest BCUT2D eigenvalue weighted by Crippen LogP contribution is -2.53. The summed E-state index contributed by atoms with van der Waals surface area (Å²) in [6.07, 6.45) is 1.05. The molecule has 0 aliphatic carbocycles. The van der Waals surface area contributed by atoms with Gasteiger partial charge in [0.2, 0.25) is 11.8 Å². The summed E-state index contributed by atoms with van der Waals surface area (Å²) in [5.74, 6) is -0.257. The lowest BCUT2D eigenvalue weighted by atomic mass is 10.0. The van der Waals surface area contributed by atoms with Gasteiger partial charge in [0.15, 0.2) is 0 Å². The molecule has 1 unspecified atom stereocenters. The predicted molar refractivity (Wildman–Crippen MR) is 119 cm³/mol. The van der Waals surface area contributed by atoms with Gasteiger partial charge in [0.05, 0.1) is 6.04 Å². The van der Waals surface area contributed by atoms with Gasteiger partial charge in [-0.2, -0.15) is 0 Å². The monoisotopic (exact) mass is 409 g/mol. The zero-order valence-electron chi connectivity index (χ0n) is 17.0. The van der Waals surface area contributed by atoms with Gasteiger partial charge in [-0.25, -0.2) is 0 Å². The Morgan fingerprint density at radius 1 is 1.00 bits per heavy atom. The lowest BCUT2D eigenvalue weighted by molar-refractivity contribution is -0.140. The molecule has 29 heavy (non-hydrogen) atoms. The van der Waals surface area contributed by atoms with E-state index in [2.05, 4.69) is 28.1 Å². The smallest absolute Gasteiger partial charge is 0.242 e. The number of amides is 2. The van der Waals surface area contributed by atoms with Crippen molar-refractivity contribution in [2.24, 2.45) is 0 Å². The van der Waals surface area contributed by atoms with E-state index in [0.29, 0.717) is 12.8 Å². The highest BCUT2D eigenvalue weighted by molar-refractivity contribution is 7.17. The molecule has 0 saturated carbocycles. The number of carbonyl (C=O) groups is 2. The van der Waals surface area contributed by atoms with Crippen molar-refractivity contribution in [3.05, 3.63) is 71.1 Å². The first-order valence-electron chi connectivity index (χ1n) is 9.69. The quantitative estimate of drug-likeness (QED) is 0.601. The molecule has 152 valence electrons. The summed E-state index contributed by atoms with van der Waals surface area (Å²) in [6, 6.07) is 17.0. The molecule has 0 bridgehead atoms. The second-order valence-electron chi connectivity index (χ2n) is 7.07. The summed E-state index contributed by atoms with van der Waals surface area (Å²) in [6.45, 7) is 0. The van der Waals surface area contributed by atoms with E-state index in [1.807, 2.05) is 42.5 Å². The van der Waals surface area contributed by atoms with E-state index >= 15 is 0 Å². The van der Waals surface area contributed by atoms with Gasteiger partial charge in [0.25, 0.3) is 0 Å². The number of nitrogens with one attached hydrogen (secondary N) is 2. The number of thiophene rings is 1. The molecule has 3 aromatic rings. The van der Waals surface area contributed by atoms with Crippen molar-refractivity contribution in [2.75, 3.05) is 21.1 Å². The molecule has 0 aliphatic heterocycles. The molecule has 2 N–H and O–H groups in total. The maximum Gasteiger partial charge on any atom is 0.242 e. The number of nitrogens with zero attached hydrogens (tertiary/aromatic N) is 1. The third kappa shape index (κ3) is 4.83. The van der Waals surface area contributed by atoms with Crippen LogP contribution in [0.15, 0.2) is 60.0 Å². The van der Waals surface area contributed by atoms with E-state index in [9.17, 15) is 9.59 Å². The van der Waals surface area contributed by atoms with E-state index in [0.717, 1.165) is 11.1 Å². The van der Waals surface area contributed by atoms with Gasteiger partial charge in [0.1, 0.15) is 6.04 Å². The lowest BCUT2D eigenvalue weighted by Gasteiger charge is -2.30. The first-order valence-corrected chi connectivity index (χ1v) is 10.6. The predicted octanol–water partition coefficient (Wildman–Crippen LogP) is 2.85. The van der Waals surface area contributed by atoms with Gasteiger partial charge in [0, 0.05) is 25.2 Å². The van der Waals surface area contributed by atoms with Gasteiger partial charge in [-0.05, 0) is 41.4 Å². The van der Waals surface area contributed by atoms with Crippen LogP contribution in [-0.4, -0.2) is 49.9 Å². The molecule has 0 fully saturated rings. The highest BCUT2D eigenvalue weighted by atomic mass is 32.1. The fraction of sp³-hybridized carbons (Fsp3) is 0.304. The van der Waals surface area contributed by atoms with Crippen molar-refractivity contribution in [1.82, 2.24) is 15.5 Å². The summed E-state index contributed by atoms with van der Waals surface area (Å²) in [5.41, 5.74) is 2.16. The summed E-state index contributed by atoms with van der Waals surface area (Å²) in [4.78, 5) is 27.4. The van der Waals surface area contributed by atoms with E-state index in [1.165, 1.54) is 10.1 Å². The molecule has 0 saturated heterocycles. The Labute approximate surface area is 175 Å². The summed E-state index contributed by atoms with van der Waals surface area (Å²) in [5, 5.41) is 9.13. The minimum atomic E-state index is -0.565. The molecule has 1 heterocycles. The molecule has 2 aromatic carbocycles. The molecule has 2 amide bonds. The maximum atomic E-state index is 13.3. The van der Waals surface area contributed by atoms with Crippen molar-refractivity contribution in [3.63, 3.8) is 0 Å². The number of carbonyl (C=O) groups excluding carboxylic acids is 2. The van der Waals surface area contributed by atoms with Gasteiger partial charge in [-0.3, -0.25) is 9.59 Å². The van der Waals surface area contributed by atoms with Crippen LogP contribution in [-0.2, 0) is 22.4 Å². The summed E-state index contributed by atoms with van der Waals surface area (Å²) >= 11 is 1.69. The van der Waals surface area contributed by atoms with Crippen LogP contribution in [0.2, 0.25) is 0 Å². The number of benzene rings is 2. The van der Waals surface area contributed by atoms with E-state index in [1.54, 1.807) is 37.4 Å². The van der Waals surface area contributed by atoms with Crippen molar-refractivity contribution in [2.45, 2.75) is 24.9 Å². The largest absolute Gasteiger partial charge is 0.357 e. The molecule has 1 aromatic heterocycles. The Morgan fingerprint density at radius 3 is 2.38 bits per heavy atom. The highest BCUT2D eigenvalue weighted by Crippen LogP contribution is 2.27. The van der Waals surface area contributed by atoms with Gasteiger partial charge in [-0.15, -0.1) is 11.3 Å². The first kappa shape index (κ1) is 21.0. The number of hydrogen-bond acceptors (Lipinski definition) is 4. The highest BCUT2D eigenvalue weighted by Gasteiger charge is 2.30. The zero-order valence-corrected chi connectivity index (χ0v) is 17.8. The van der Waals surface area contributed by atoms with Crippen LogP contribution in [0.1, 0.15) is 11.1 Å². The van der Waals surface area contributed by atoms with Gasteiger partial charge >= 0.3 is 0 Å². The van der Waals surface area contributed by atoms with Crippen LogP contribution in [0, 0.1) is 0 Å². The van der Waals surface area contributed by atoms with E-state index < -0.39 is 12.1 Å². The van der Waals surface area contributed by atoms with Crippen molar-refractivity contribution in [3.8, 4) is 0 Å². The van der Waals surface area contributed by atoms with Crippen LogP contribution < -0.4 is 10.6 Å². The van der Waals surface area contributed by atoms with Crippen molar-refractivity contribution >= 4 is 33.2 Å². The van der Waals surface area contributed by atoms with Crippen LogP contribution in [0.4, 0.5) is 0 Å². The first-order chi connectivity index (χ1) is 14.0. The molecule has 2 atom stereocenters. The van der Waals surface area contributed by atoms with Crippen LogP contribution >= 0.6 is 11.3 Å². The van der Waals surface area contributed by atoms with E-state index in [-0.39, 0.29) is 11.8 Å². The number of fused-ring (bicyclic) bond motifs is 1. The zero-order chi connectivity index (χ0) is 20.8. The van der Waals surface area contributed by atoms with Crippen LogP contribution in [0.3, 0.4) is 0 Å². The molecular formula is C23H27N3O2S. The maximum absolute atomic E-state index is 13.3. The second-order valence-corrected chi connectivity index (χ2v) is 7.98. The Morgan fingerprint density at radius 2 is 1.69 bits per heavy atom. The molecule has 5 nitrogen and oxygen atoms in total. The molecule has 0 aliphatic rings. The minimum Gasteiger partial charge on any atom is -0.357 e. The minimum absolute atomic E-state index is 0.0905. The van der Waals surface area contributed by atoms with Gasteiger partial charge < -0.3 is 15.5 Å². The summed E-state index contributed by atoms with van der Waals surface area (Å²) < 4.78 is 1.21. The Balaban J connectivity index is 1.79. The molecule has 6 heteroatoms. The fourth-order valence-corrected chi connectivity index (χ4v) is 4.51. The average molecular weight is 410 g/mol. The van der Waals surface area contributed by atoms with E-state index in [4.69, 9.17) is 0 Å². The third-order valence-corrected chi connectivity index (χ3v) is 6.28. The Kier molecular flexibility index (Phi) is 7.01. The second kappa shape index (κ2) is 9.67. The SMILES string of the molecule is CNC(=O)[C@@H](Cc1ccccc1)N(C)C(=O)C(Cc1csc2ccccc12)NC. The molecule has 3 rings (SSSR count). The standard InChI is InChI=1S/C23H27N3O2S/c1-24-19(14-17-15-29-21-12-8-7-11-18(17)21)23(28)26(3)20(22(27)25-2)13-16-9-5-4-6-10-16/h4-12,15,19-20,24H,13-14H2,1-3H3,(H,25,27)/t19?,20-/m1/s1. The summed E-state index contributed by atoms with van der Waals surface area (Å²) in [7, 11) is 5.10. The number of likely N-dealkylation sites (N-methyl/N-ethyl adjacent to an activating group) is 3. The fourth-order valence-electron chi connectivity index (χ4n) is 3.53. The molecule has 0 radical (unpaired) electrons. The van der Waals surface area contributed by atoms with Crippen molar-refractivity contribution in [1.29, 1.82) is 0 Å². The third-order valence-electron chi connectivity index (χ3n) is 5.27. The Hall–Kier alpha value is -2.70. The number of hydrogen-bond donors (Lipinski definition) is 2. The van der Waals surface area contributed by atoms with Crippen LogP contribution in [0.25, 0.3) is 10.1 Å². The van der Waals surface area contributed by atoms with Crippen molar-refractivity contribution < 1.29 is 9.59 Å². The van der Waals surface area contributed by atoms with Crippen LogP contribution in [0.5, 0.6) is 0 Å². The normalized spacial score (nSPS) is 13.1. The topological polar surface area (TPSA) is 61.4 Å².